The van der Waals surface area contributed by atoms with Crippen molar-refractivity contribution in [3.63, 3.8) is 0 Å². The molecule has 0 aliphatic heterocycles. The number of carbonyl (C=O) groups excluding carboxylic acids is 2. The molecule has 0 spiro atoms. The van der Waals surface area contributed by atoms with Crippen molar-refractivity contribution in [1.82, 2.24) is 0 Å². The lowest BCUT2D eigenvalue weighted by atomic mass is 10.1. The molecule has 1 atom stereocenters. The fourth-order valence-corrected chi connectivity index (χ4v) is 5.54. The minimum absolute atomic E-state index is 0.0766. The first kappa shape index (κ1) is 46.1. The van der Waals surface area contributed by atoms with E-state index in [0.717, 1.165) is 70.6 Å². The minimum Gasteiger partial charge on any atom is -0.462 e. The van der Waals surface area contributed by atoms with Gasteiger partial charge in [-0.05, 0) is 70.6 Å². The molecule has 0 saturated heterocycles. The molecule has 0 radical (unpaired) electrons. The van der Waals surface area contributed by atoms with Crippen LogP contribution >= 0.6 is 0 Å². The summed E-state index contributed by atoms with van der Waals surface area (Å²) in [5.41, 5.74) is 0. The Kier molecular flexibility index (Phi) is 38.0. The number of allylic oxidation sites excluding steroid dienone is 6. The number of ether oxygens (including phenoxy) is 3. The van der Waals surface area contributed by atoms with Crippen molar-refractivity contribution in [2.45, 2.75) is 207 Å². The van der Waals surface area contributed by atoms with Crippen molar-refractivity contribution in [3.05, 3.63) is 36.5 Å². The van der Waals surface area contributed by atoms with E-state index < -0.39 is 6.10 Å². The SMILES string of the molecule is CCC/C=C\C/C=C\CCCCCCCC(=O)OCC(COCCCCCCCC)OC(=O)CCCCCCC/C=C\CCCCCC. The Labute approximate surface area is 298 Å². The molecule has 5 nitrogen and oxygen atoms in total. The van der Waals surface area contributed by atoms with E-state index in [1.54, 1.807) is 0 Å². The fourth-order valence-electron chi connectivity index (χ4n) is 5.54. The Hall–Kier alpha value is -1.88. The van der Waals surface area contributed by atoms with Crippen molar-refractivity contribution < 1.29 is 23.8 Å². The van der Waals surface area contributed by atoms with Gasteiger partial charge in [0.2, 0.25) is 0 Å². The topological polar surface area (TPSA) is 61.8 Å². The maximum absolute atomic E-state index is 12.6. The number of carbonyl (C=O) groups is 2. The number of hydrogen-bond donors (Lipinski definition) is 0. The van der Waals surface area contributed by atoms with Gasteiger partial charge in [0.05, 0.1) is 6.61 Å². The monoisotopic (exact) mass is 675 g/mol. The summed E-state index contributed by atoms with van der Waals surface area (Å²) in [5.74, 6) is -0.426. The normalized spacial score (nSPS) is 12.5. The van der Waals surface area contributed by atoms with Crippen molar-refractivity contribution in [3.8, 4) is 0 Å². The van der Waals surface area contributed by atoms with Crippen LogP contribution in [0.4, 0.5) is 0 Å². The zero-order chi connectivity index (χ0) is 35.0. The smallest absolute Gasteiger partial charge is 0.306 e. The van der Waals surface area contributed by atoms with E-state index in [0.29, 0.717) is 19.4 Å². The molecule has 48 heavy (non-hydrogen) atoms. The van der Waals surface area contributed by atoms with Crippen molar-refractivity contribution in [2.75, 3.05) is 19.8 Å². The average Bonchev–Trinajstić information content (AvgIpc) is 3.08. The van der Waals surface area contributed by atoms with Gasteiger partial charge in [0, 0.05) is 19.4 Å². The van der Waals surface area contributed by atoms with Crippen LogP contribution in [0.1, 0.15) is 201 Å². The second-order valence-corrected chi connectivity index (χ2v) is 13.5. The summed E-state index contributed by atoms with van der Waals surface area (Å²) in [5, 5.41) is 0. The predicted molar refractivity (Wildman–Crippen MR) is 205 cm³/mol. The molecular formula is C43H78O5. The summed E-state index contributed by atoms with van der Waals surface area (Å²) in [4.78, 5) is 25.0. The molecule has 1 unspecified atom stereocenters. The first-order valence-electron chi connectivity index (χ1n) is 20.5. The second-order valence-electron chi connectivity index (χ2n) is 13.5. The van der Waals surface area contributed by atoms with Gasteiger partial charge < -0.3 is 14.2 Å². The molecule has 0 aliphatic rings. The maximum atomic E-state index is 12.6. The van der Waals surface area contributed by atoms with Crippen LogP contribution in [0.3, 0.4) is 0 Å². The van der Waals surface area contributed by atoms with E-state index in [9.17, 15) is 9.59 Å². The molecule has 0 heterocycles. The van der Waals surface area contributed by atoms with Gasteiger partial charge in [0.25, 0.3) is 0 Å². The van der Waals surface area contributed by atoms with Gasteiger partial charge in [-0.1, -0.05) is 154 Å². The van der Waals surface area contributed by atoms with Gasteiger partial charge in [-0.25, -0.2) is 0 Å². The van der Waals surface area contributed by atoms with Crippen LogP contribution in [0.15, 0.2) is 36.5 Å². The number of rotatable bonds is 37. The summed E-state index contributed by atoms with van der Waals surface area (Å²) in [6.07, 6.45) is 44.2. The first-order valence-corrected chi connectivity index (χ1v) is 20.5. The summed E-state index contributed by atoms with van der Waals surface area (Å²) in [6, 6.07) is 0. The molecule has 0 N–H and O–H groups in total. The van der Waals surface area contributed by atoms with E-state index >= 15 is 0 Å². The Morgan fingerprint density at radius 1 is 0.458 bits per heavy atom. The maximum Gasteiger partial charge on any atom is 0.306 e. The van der Waals surface area contributed by atoms with Crippen LogP contribution in [0, 0.1) is 0 Å². The van der Waals surface area contributed by atoms with Crippen LogP contribution in [0.5, 0.6) is 0 Å². The van der Waals surface area contributed by atoms with Crippen molar-refractivity contribution >= 4 is 11.9 Å². The highest BCUT2D eigenvalue weighted by atomic mass is 16.6. The zero-order valence-electron chi connectivity index (χ0n) is 32.0. The van der Waals surface area contributed by atoms with Gasteiger partial charge >= 0.3 is 11.9 Å². The number of hydrogen-bond acceptors (Lipinski definition) is 5. The average molecular weight is 675 g/mol. The Morgan fingerprint density at radius 2 is 0.917 bits per heavy atom. The van der Waals surface area contributed by atoms with Gasteiger partial charge in [-0.2, -0.15) is 0 Å². The molecule has 0 bridgehead atoms. The molecule has 0 rings (SSSR count). The predicted octanol–water partition coefficient (Wildman–Crippen LogP) is 13.1. The van der Waals surface area contributed by atoms with Gasteiger partial charge in [0.1, 0.15) is 6.61 Å². The van der Waals surface area contributed by atoms with E-state index in [1.165, 1.54) is 96.3 Å². The molecule has 0 fully saturated rings. The largest absolute Gasteiger partial charge is 0.462 e. The standard InChI is InChI=1S/C43H78O5/c1-4-7-10-13-16-18-20-22-24-26-28-30-33-36-42(44)47-40-41(39-46-38-35-32-15-12-9-6-3)48-43(45)37-34-31-29-27-25-23-21-19-17-14-11-8-5-2/h10,13,18-21,41H,4-9,11-12,14-17,22-40H2,1-3H3/b13-10-,20-18-,21-19-. The first-order chi connectivity index (χ1) is 23.6. The zero-order valence-corrected chi connectivity index (χ0v) is 32.0. The number of unbranched alkanes of at least 4 members (excludes halogenated alkanes) is 20. The highest BCUT2D eigenvalue weighted by Crippen LogP contribution is 2.12. The quantitative estimate of drug-likeness (QED) is 0.0373. The van der Waals surface area contributed by atoms with E-state index in [-0.39, 0.29) is 25.2 Å². The summed E-state index contributed by atoms with van der Waals surface area (Å²) in [6.45, 7) is 7.68. The van der Waals surface area contributed by atoms with Gasteiger partial charge in [-0.15, -0.1) is 0 Å². The lowest BCUT2D eigenvalue weighted by Crippen LogP contribution is -2.30. The van der Waals surface area contributed by atoms with Crippen LogP contribution < -0.4 is 0 Å². The van der Waals surface area contributed by atoms with E-state index in [2.05, 4.69) is 57.2 Å². The minimum atomic E-state index is -0.537. The van der Waals surface area contributed by atoms with Crippen LogP contribution in [0.2, 0.25) is 0 Å². The summed E-state index contributed by atoms with van der Waals surface area (Å²) in [7, 11) is 0. The molecule has 5 heteroatoms. The van der Waals surface area contributed by atoms with Gasteiger partial charge in [0.15, 0.2) is 6.10 Å². The highest BCUT2D eigenvalue weighted by molar-refractivity contribution is 5.70. The van der Waals surface area contributed by atoms with Crippen molar-refractivity contribution in [2.24, 2.45) is 0 Å². The summed E-state index contributed by atoms with van der Waals surface area (Å²) < 4.78 is 17.1. The molecule has 0 saturated carbocycles. The van der Waals surface area contributed by atoms with Crippen LogP contribution in [0.25, 0.3) is 0 Å². The molecule has 0 aromatic carbocycles. The molecule has 0 aromatic heterocycles. The molecule has 280 valence electrons. The third kappa shape index (κ3) is 36.9. The Balaban J connectivity index is 4.19. The third-order valence-electron chi connectivity index (χ3n) is 8.63. The lowest BCUT2D eigenvalue weighted by Gasteiger charge is -2.18. The molecule has 0 aromatic rings. The Morgan fingerprint density at radius 3 is 1.50 bits per heavy atom. The Bertz CT molecular complexity index is 771. The summed E-state index contributed by atoms with van der Waals surface area (Å²) >= 11 is 0. The second kappa shape index (κ2) is 39.6. The van der Waals surface area contributed by atoms with Crippen molar-refractivity contribution in [1.29, 1.82) is 0 Å². The van der Waals surface area contributed by atoms with Crippen LogP contribution in [-0.2, 0) is 23.8 Å². The molecular weight excluding hydrogens is 596 g/mol. The lowest BCUT2D eigenvalue weighted by molar-refractivity contribution is -0.163. The molecule has 0 aliphatic carbocycles. The fraction of sp³-hybridized carbons (Fsp3) is 0.814. The van der Waals surface area contributed by atoms with Crippen LogP contribution in [-0.4, -0.2) is 37.9 Å². The van der Waals surface area contributed by atoms with Gasteiger partial charge in [-0.3, -0.25) is 9.59 Å². The highest BCUT2D eigenvalue weighted by Gasteiger charge is 2.17. The van der Waals surface area contributed by atoms with E-state index in [1.807, 2.05) is 0 Å². The van der Waals surface area contributed by atoms with E-state index in [4.69, 9.17) is 14.2 Å². The molecule has 0 amide bonds. The third-order valence-corrected chi connectivity index (χ3v) is 8.63. The number of esters is 2.